The monoisotopic (exact) mass is 370 g/mol. The predicted octanol–water partition coefficient (Wildman–Crippen LogP) is 3.92. The molecule has 0 amide bonds. The van der Waals surface area contributed by atoms with Crippen molar-refractivity contribution in [1.82, 2.24) is 25.1 Å². The molecule has 0 saturated carbocycles. The summed E-state index contributed by atoms with van der Waals surface area (Å²) in [7, 11) is 0. The summed E-state index contributed by atoms with van der Waals surface area (Å²) in [5, 5.41) is 12.6. The number of aromatic nitrogens is 4. The van der Waals surface area contributed by atoms with E-state index in [0.717, 1.165) is 38.4 Å². The van der Waals surface area contributed by atoms with E-state index in [1.165, 1.54) is 29.7 Å². The molecule has 27 heavy (non-hydrogen) atoms. The first-order chi connectivity index (χ1) is 13.0. The Bertz CT molecular complexity index is 730. The van der Waals surface area contributed by atoms with Gasteiger partial charge in [-0.2, -0.15) is 0 Å². The maximum atomic E-state index is 4.42. The fourth-order valence-electron chi connectivity index (χ4n) is 3.99. The summed E-state index contributed by atoms with van der Waals surface area (Å²) in [5.41, 5.74) is 4.07. The predicted molar refractivity (Wildman–Crippen MR) is 110 cm³/mol. The number of unbranched alkanes of at least 4 members (excludes halogenated alkanes) is 1. The summed E-state index contributed by atoms with van der Waals surface area (Å²) >= 11 is 0. The maximum Gasteiger partial charge on any atom is 0.168 e. The van der Waals surface area contributed by atoms with E-state index in [4.69, 9.17) is 0 Å². The quantitative estimate of drug-likeness (QED) is 0.739. The lowest BCUT2D eigenvalue weighted by Gasteiger charge is -2.40. The Labute approximate surface area is 163 Å². The fraction of sp³-hybridized carbons (Fsp3) is 0.667. The van der Waals surface area contributed by atoms with E-state index in [9.17, 15) is 0 Å². The fourth-order valence-corrected chi connectivity index (χ4v) is 3.99. The standard InChI is InChI=1S/C21H34N6/c1-6-7-8-19(21-22-23-24-27(21)16(2)3)25-11-13-26(14-12-25)20-15-17(4)9-10-18(20)5/h9-10,15-16,19H,6-8,11-14H2,1-5H3/t19-/m1/s1. The molecule has 1 aromatic carbocycles. The van der Waals surface area contributed by atoms with Crippen LogP contribution in [-0.4, -0.2) is 51.3 Å². The van der Waals surface area contributed by atoms with Gasteiger partial charge in [0, 0.05) is 31.9 Å². The van der Waals surface area contributed by atoms with Crippen molar-refractivity contribution >= 4 is 5.69 Å². The van der Waals surface area contributed by atoms with E-state index < -0.39 is 0 Å². The van der Waals surface area contributed by atoms with E-state index in [-0.39, 0.29) is 6.04 Å². The van der Waals surface area contributed by atoms with Crippen LogP contribution in [0.5, 0.6) is 0 Å². The molecule has 6 nitrogen and oxygen atoms in total. The topological polar surface area (TPSA) is 50.1 Å². The smallest absolute Gasteiger partial charge is 0.168 e. The first kappa shape index (κ1) is 19.8. The molecule has 1 fully saturated rings. The molecule has 2 aromatic rings. The van der Waals surface area contributed by atoms with Crippen molar-refractivity contribution in [2.75, 3.05) is 31.1 Å². The van der Waals surface area contributed by atoms with E-state index in [2.05, 4.69) is 78.1 Å². The van der Waals surface area contributed by atoms with Crippen LogP contribution in [0.15, 0.2) is 18.2 Å². The van der Waals surface area contributed by atoms with E-state index in [1.54, 1.807) is 0 Å². The lowest BCUT2D eigenvalue weighted by atomic mass is 10.0. The second-order valence-corrected chi connectivity index (χ2v) is 8.05. The van der Waals surface area contributed by atoms with Crippen molar-refractivity contribution in [3.8, 4) is 0 Å². The van der Waals surface area contributed by atoms with Crippen LogP contribution in [0.1, 0.15) is 69.1 Å². The molecule has 1 aromatic heterocycles. The van der Waals surface area contributed by atoms with Crippen molar-refractivity contribution in [2.24, 2.45) is 0 Å². The van der Waals surface area contributed by atoms with Gasteiger partial charge in [0.25, 0.3) is 0 Å². The molecule has 0 radical (unpaired) electrons. The van der Waals surface area contributed by atoms with Crippen LogP contribution in [0.25, 0.3) is 0 Å². The highest BCUT2D eigenvalue weighted by atomic mass is 15.6. The molecule has 148 valence electrons. The normalized spacial score (nSPS) is 16.9. The Morgan fingerprint density at radius 1 is 1.07 bits per heavy atom. The van der Waals surface area contributed by atoms with Crippen molar-refractivity contribution in [1.29, 1.82) is 0 Å². The van der Waals surface area contributed by atoms with Crippen molar-refractivity contribution in [3.63, 3.8) is 0 Å². The van der Waals surface area contributed by atoms with E-state index in [0.29, 0.717) is 6.04 Å². The van der Waals surface area contributed by atoms with Crippen molar-refractivity contribution in [2.45, 2.75) is 66.0 Å². The molecule has 0 unspecified atom stereocenters. The Morgan fingerprint density at radius 3 is 2.48 bits per heavy atom. The Morgan fingerprint density at radius 2 is 1.81 bits per heavy atom. The van der Waals surface area contributed by atoms with E-state index >= 15 is 0 Å². The van der Waals surface area contributed by atoms with Crippen LogP contribution >= 0.6 is 0 Å². The molecular formula is C21H34N6. The zero-order valence-electron chi connectivity index (χ0n) is 17.5. The minimum atomic E-state index is 0.287. The molecule has 0 aliphatic carbocycles. The van der Waals surface area contributed by atoms with Gasteiger partial charge in [-0.3, -0.25) is 4.90 Å². The summed E-state index contributed by atoms with van der Waals surface area (Å²) < 4.78 is 2.00. The largest absolute Gasteiger partial charge is 0.369 e. The molecule has 3 rings (SSSR count). The SMILES string of the molecule is CCCC[C@H](c1nnnn1C(C)C)N1CCN(c2cc(C)ccc2C)CC1. The van der Waals surface area contributed by atoms with Gasteiger partial charge in [-0.15, -0.1) is 5.10 Å². The van der Waals surface area contributed by atoms with Crippen molar-refractivity contribution in [3.05, 3.63) is 35.2 Å². The molecule has 2 heterocycles. The molecule has 1 atom stereocenters. The van der Waals surface area contributed by atoms with Gasteiger partial charge < -0.3 is 4.90 Å². The third-order valence-corrected chi connectivity index (χ3v) is 5.60. The highest BCUT2D eigenvalue weighted by molar-refractivity contribution is 5.55. The number of hydrogen-bond donors (Lipinski definition) is 0. The molecule has 0 spiro atoms. The molecule has 0 bridgehead atoms. The van der Waals surface area contributed by atoms with Crippen LogP contribution in [0, 0.1) is 13.8 Å². The Balaban J connectivity index is 1.74. The number of nitrogens with zero attached hydrogens (tertiary/aromatic N) is 6. The van der Waals surface area contributed by atoms with Gasteiger partial charge in [0.15, 0.2) is 5.82 Å². The second-order valence-electron chi connectivity index (χ2n) is 8.05. The summed E-state index contributed by atoms with van der Waals surface area (Å²) in [5.74, 6) is 1.03. The number of tetrazole rings is 1. The zero-order valence-corrected chi connectivity index (χ0v) is 17.5. The summed E-state index contributed by atoms with van der Waals surface area (Å²) in [6.45, 7) is 15.1. The summed E-state index contributed by atoms with van der Waals surface area (Å²) in [4.78, 5) is 5.11. The molecule has 0 N–H and O–H groups in total. The minimum Gasteiger partial charge on any atom is -0.369 e. The van der Waals surface area contributed by atoms with Crippen LogP contribution in [-0.2, 0) is 0 Å². The van der Waals surface area contributed by atoms with Gasteiger partial charge in [0.2, 0.25) is 0 Å². The number of anilines is 1. The third-order valence-electron chi connectivity index (χ3n) is 5.60. The Kier molecular flexibility index (Phi) is 6.47. The Hall–Kier alpha value is -1.95. The molecule has 1 saturated heterocycles. The maximum absolute atomic E-state index is 4.42. The van der Waals surface area contributed by atoms with Gasteiger partial charge in [0.1, 0.15) is 0 Å². The molecule has 6 heteroatoms. The highest BCUT2D eigenvalue weighted by Gasteiger charge is 2.29. The number of piperazine rings is 1. The molecule has 1 aliphatic rings. The first-order valence-corrected chi connectivity index (χ1v) is 10.3. The third kappa shape index (κ3) is 4.49. The van der Waals surface area contributed by atoms with Gasteiger partial charge in [0.05, 0.1) is 12.1 Å². The average molecular weight is 371 g/mol. The van der Waals surface area contributed by atoms with Crippen LogP contribution in [0.4, 0.5) is 5.69 Å². The van der Waals surface area contributed by atoms with Gasteiger partial charge >= 0.3 is 0 Å². The summed E-state index contributed by atoms with van der Waals surface area (Å²) in [6, 6.07) is 7.34. The van der Waals surface area contributed by atoms with Crippen LogP contribution < -0.4 is 4.90 Å². The average Bonchev–Trinajstić information content (AvgIpc) is 3.14. The minimum absolute atomic E-state index is 0.287. The first-order valence-electron chi connectivity index (χ1n) is 10.3. The molecule has 1 aliphatic heterocycles. The number of rotatable bonds is 7. The van der Waals surface area contributed by atoms with E-state index in [1.807, 2.05) is 4.68 Å². The van der Waals surface area contributed by atoms with Crippen LogP contribution in [0.3, 0.4) is 0 Å². The van der Waals surface area contributed by atoms with Gasteiger partial charge in [-0.1, -0.05) is 31.9 Å². The number of benzene rings is 1. The van der Waals surface area contributed by atoms with Gasteiger partial charge in [-0.05, 0) is 61.7 Å². The number of hydrogen-bond acceptors (Lipinski definition) is 5. The second kappa shape index (κ2) is 8.83. The lowest BCUT2D eigenvalue weighted by Crippen LogP contribution is -2.48. The lowest BCUT2D eigenvalue weighted by molar-refractivity contribution is 0.161. The zero-order chi connectivity index (χ0) is 19.4. The van der Waals surface area contributed by atoms with Crippen molar-refractivity contribution < 1.29 is 0 Å². The molecular weight excluding hydrogens is 336 g/mol. The van der Waals surface area contributed by atoms with Gasteiger partial charge in [-0.25, -0.2) is 4.68 Å². The number of aryl methyl sites for hydroxylation is 2. The highest BCUT2D eigenvalue weighted by Crippen LogP contribution is 2.29. The summed E-state index contributed by atoms with van der Waals surface area (Å²) in [6.07, 6.45) is 3.52. The van der Waals surface area contributed by atoms with Crippen LogP contribution in [0.2, 0.25) is 0 Å².